The summed E-state index contributed by atoms with van der Waals surface area (Å²) < 4.78 is 42.7. The quantitative estimate of drug-likeness (QED) is 0.764. The lowest BCUT2D eigenvalue weighted by Gasteiger charge is -2.25. The van der Waals surface area contributed by atoms with Crippen molar-refractivity contribution in [3.05, 3.63) is 0 Å². The Balaban J connectivity index is 2.29. The maximum Gasteiger partial charge on any atom is 0.401 e. The van der Waals surface area contributed by atoms with E-state index in [-0.39, 0.29) is 12.2 Å². The van der Waals surface area contributed by atoms with E-state index < -0.39 is 12.7 Å². The Labute approximate surface area is 107 Å². The molecular formula is C12H23F3N2O. The number of nitrogens with zero attached hydrogens (tertiary/aromatic N) is 1. The molecule has 1 saturated heterocycles. The van der Waals surface area contributed by atoms with Gasteiger partial charge in [-0.15, -0.1) is 0 Å². The van der Waals surface area contributed by atoms with Crippen LogP contribution in [0.25, 0.3) is 0 Å². The monoisotopic (exact) mass is 268 g/mol. The fourth-order valence-electron chi connectivity index (χ4n) is 2.22. The van der Waals surface area contributed by atoms with E-state index in [1.165, 1.54) is 4.90 Å². The topological polar surface area (TPSA) is 24.5 Å². The maximum atomic E-state index is 12.3. The number of alkyl halides is 3. The van der Waals surface area contributed by atoms with Crippen LogP contribution in [0.5, 0.6) is 0 Å². The van der Waals surface area contributed by atoms with Gasteiger partial charge in [-0.1, -0.05) is 13.8 Å². The van der Waals surface area contributed by atoms with Crippen molar-refractivity contribution in [1.82, 2.24) is 10.2 Å². The third kappa shape index (κ3) is 6.02. The van der Waals surface area contributed by atoms with Gasteiger partial charge >= 0.3 is 6.18 Å². The second-order valence-corrected chi connectivity index (χ2v) is 4.71. The predicted octanol–water partition coefficient (Wildman–Crippen LogP) is 2.03. The summed E-state index contributed by atoms with van der Waals surface area (Å²) in [6.45, 7) is 5.38. The highest BCUT2D eigenvalue weighted by molar-refractivity contribution is 4.78. The summed E-state index contributed by atoms with van der Waals surface area (Å²) in [5.74, 6) is 0. The molecule has 0 aromatic carbocycles. The van der Waals surface area contributed by atoms with Crippen LogP contribution in [-0.4, -0.2) is 56.0 Å². The zero-order valence-electron chi connectivity index (χ0n) is 11.1. The molecule has 1 fully saturated rings. The number of hydrogen-bond acceptors (Lipinski definition) is 3. The number of halogens is 3. The average molecular weight is 268 g/mol. The zero-order chi connectivity index (χ0) is 13.6. The largest absolute Gasteiger partial charge is 0.401 e. The lowest BCUT2D eigenvalue weighted by atomic mass is 10.2. The van der Waals surface area contributed by atoms with E-state index in [4.69, 9.17) is 4.74 Å². The molecule has 2 unspecified atom stereocenters. The van der Waals surface area contributed by atoms with Crippen molar-refractivity contribution in [2.45, 2.75) is 45.1 Å². The van der Waals surface area contributed by atoms with Crippen LogP contribution in [0.2, 0.25) is 0 Å². The average Bonchev–Trinajstić information content (AvgIpc) is 2.71. The first-order valence-corrected chi connectivity index (χ1v) is 6.59. The van der Waals surface area contributed by atoms with E-state index in [1.807, 2.05) is 6.92 Å². The van der Waals surface area contributed by atoms with Crippen molar-refractivity contribution >= 4 is 0 Å². The minimum atomic E-state index is -4.13. The molecule has 0 radical (unpaired) electrons. The van der Waals surface area contributed by atoms with Gasteiger partial charge in [-0.2, -0.15) is 13.2 Å². The Bertz CT molecular complexity index is 236. The molecule has 6 heteroatoms. The van der Waals surface area contributed by atoms with Gasteiger partial charge in [0.25, 0.3) is 0 Å². The maximum absolute atomic E-state index is 12.3. The standard InChI is InChI=1S/C12H23F3N2O/c1-3-16-7-10-5-6-11(18-10)8-17(4-2)9-12(13,14)15/h10-11,16H,3-9H2,1-2H3. The lowest BCUT2D eigenvalue weighted by molar-refractivity contribution is -0.148. The Kier molecular flexibility index (Phi) is 6.38. The van der Waals surface area contributed by atoms with Crippen molar-refractivity contribution < 1.29 is 17.9 Å². The van der Waals surface area contributed by atoms with E-state index in [1.54, 1.807) is 6.92 Å². The van der Waals surface area contributed by atoms with Gasteiger partial charge in [0.05, 0.1) is 18.8 Å². The van der Waals surface area contributed by atoms with Gasteiger partial charge in [-0.25, -0.2) is 0 Å². The fourth-order valence-corrected chi connectivity index (χ4v) is 2.22. The molecule has 0 bridgehead atoms. The van der Waals surface area contributed by atoms with E-state index >= 15 is 0 Å². The zero-order valence-corrected chi connectivity index (χ0v) is 11.1. The van der Waals surface area contributed by atoms with Crippen LogP contribution in [0.1, 0.15) is 26.7 Å². The Morgan fingerprint density at radius 3 is 2.44 bits per heavy atom. The van der Waals surface area contributed by atoms with E-state index in [0.717, 1.165) is 25.9 Å². The molecule has 3 nitrogen and oxygen atoms in total. The molecule has 0 aliphatic carbocycles. The summed E-state index contributed by atoms with van der Waals surface area (Å²) in [5, 5.41) is 3.20. The summed E-state index contributed by atoms with van der Waals surface area (Å²) in [5.41, 5.74) is 0. The van der Waals surface area contributed by atoms with Crippen molar-refractivity contribution in [3.63, 3.8) is 0 Å². The molecule has 1 rings (SSSR count). The number of likely N-dealkylation sites (N-methyl/N-ethyl adjacent to an activating group) is 2. The van der Waals surface area contributed by atoms with E-state index in [2.05, 4.69) is 5.32 Å². The lowest BCUT2D eigenvalue weighted by Crippen LogP contribution is -2.39. The molecular weight excluding hydrogens is 245 g/mol. The highest BCUT2D eigenvalue weighted by Crippen LogP contribution is 2.22. The molecule has 1 N–H and O–H groups in total. The Morgan fingerprint density at radius 2 is 1.89 bits per heavy atom. The van der Waals surface area contributed by atoms with Crippen molar-refractivity contribution in [2.75, 3.05) is 32.7 Å². The molecule has 0 aromatic heterocycles. The normalized spacial score (nSPS) is 25.0. The third-order valence-corrected chi connectivity index (χ3v) is 3.13. The number of hydrogen-bond donors (Lipinski definition) is 1. The Morgan fingerprint density at radius 1 is 1.22 bits per heavy atom. The molecule has 2 atom stereocenters. The van der Waals surface area contributed by atoms with Crippen molar-refractivity contribution in [1.29, 1.82) is 0 Å². The van der Waals surface area contributed by atoms with Gasteiger partial charge < -0.3 is 10.1 Å². The molecule has 0 saturated carbocycles. The van der Waals surface area contributed by atoms with E-state index in [0.29, 0.717) is 13.1 Å². The Hall–Kier alpha value is -0.330. The summed E-state index contributed by atoms with van der Waals surface area (Å²) in [6.07, 6.45) is -2.25. The molecule has 0 aromatic rings. The van der Waals surface area contributed by atoms with Gasteiger partial charge in [-0.05, 0) is 25.9 Å². The summed E-state index contributed by atoms with van der Waals surface area (Å²) in [6, 6.07) is 0. The first kappa shape index (κ1) is 15.7. The van der Waals surface area contributed by atoms with Crippen LogP contribution in [0.3, 0.4) is 0 Å². The number of rotatable bonds is 7. The van der Waals surface area contributed by atoms with Crippen molar-refractivity contribution in [2.24, 2.45) is 0 Å². The predicted molar refractivity (Wildman–Crippen MR) is 64.6 cm³/mol. The van der Waals surface area contributed by atoms with Crippen LogP contribution in [-0.2, 0) is 4.74 Å². The van der Waals surface area contributed by atoms with Gasteiger partial charge in [0.2, 0.25) is 0 Å². The summed E-state index contributed by atoms with van der Waals surface area (Å²) in [4.78, 5) is 1.40. The fraction of sp³-hybridized carbons (Fsp3) is 1.00. The van der Waals surface area contributed by atoms with Gasteiger partial charge in [0.15, 0.2) is 0 Å². The molecule has 0 amide bonds. The van der Waals surface area contributed by atoms with Crippen LogP contribution in [0, 0.1) is 0 Å². The smallest absolute Gasteiger partial charge is 0.372 e. The van der Waals surface area contributed by atoms with Crippen molar-refractivity contribution in [3.8, 4) is 0 Å². The highest BCUT2D eigenvalue weighted by atomic mass is 19.4. The third-order valence-electron chi connectivity index (χ3n) is 3.13. The first-order valence-electron chi connectivity index (χ1n) is 6.59. The summed E-state index contributed by atoms with van der Waals surface area (Å²) >= 11 is 0. The minimum Gasteiger partial charge on any atom is -0.372 e. The van der Waals surface area contributed by atoms with E-state index in [9.17, 15) is 13.2 Å². The van der Waals surface area contributed by atoms with Gasteiger partial charge in [-0.3, -0.25) is 4.90 Å². The van der Waals surface area contributed by atoms with Gasteiger partial charge in [0, 0.05) is 13.1 Å². The molecule has 1 aliphatic heterocycles. The first-order chi connectivity index (χ1) is 8.44. The molecule has 1 heterocycles. The van der Waals surface area contributed by atoms with Crippen LogP contribution in [0.15, 0.2) is 0 Å². The molecule has 1 aliphatic rings. The number of nitrogens with one attached hydrogen (secondary N) is 1. The molecule has 0 spiro atoms. The molecule has 108 valence electrons. The second kappa shape index (κ2) is 7.31. The van der Waals surface area contributed by atoms with Gasteiger partial charge in [0.1, 0.15) is 0 Å². The summed E-state index contributed by atoms with van der Waals surface area (Å²) in [7, 11) is 0. The minimum absolute atomic E-state index is 0.0593. The van der Waals surface area contributed by atoms with Crippen LogP contribution < -0.4 is 5.32 Å². The van der Waals surface area contributed by atoms with Crippen LogP contribution >= 0.6 is 0 Å². The van der Waals surface area contributed by atoms with Crippen LogP contribution in [0.4, 0.5) is 13.2 Å². The molecule has 18 heavy (non-hydrogen) atoms. The number of ether oxygens (including phenoxy) is 1. The second-order valence-electron chi connectivity index (χ2n) is 4.71. The highest BCUT2D eigenvalue weighted by Gasteiger charge is 2.33. The SMILES string of the molecule is CCNCC1CCC(CN(CC)CC(F)(F)F)O1.